The van der Waals surface area contributed by atoms with Gasteiger partial charge in [-0.25, -0.2) is 4.39 Å². The molecule has 2 aromatic carbocycles. The molecule has 19 heavy (non-hydrogen) atoms. The molecule has 1 heterocycles. The van der Waals surface area contributed by atoms with Crippen LogP contribution in [-0.4, -0.2) is 12.3 Å². The highest BCUT2D eigenvalue weighted by Gasteiger charge is 2.14. The molecule has 3 rings (SSSR count). The molecule has 0 unspecified atom stereocenters. The summed E-state index contributed by atoms with van der Waals surface area (Å²) in [5, 5.41) is 3.28. The van der Waals surface area contributed by atoms with Crippen LogP contribution in [-0.2, 0) is 13.0 Å². The highest BCUT2D eigenvalue weighted by atomic mass is 19.1. The van der Waals surface area contributed by atoms with Crippen molar-refractivity contribution < 1.29 is 9.18 Å². The Labute approximate surface area is 111 Å². The van der Waals surface area contributed by atoms with Crippen molar-refractivity contribution in [2.24, 2.45) is 0 Å². The van der Waals surface area contributed by atoms with Crippen molar-refractivity contribution in [3.63, 3.8) is 0 Å². The average molecular weight is 255 g/mol. The molecule has 0 amide bonds. The Bertz CT molecular complexity index is 636. The molecule has 2 nitrogen and oxygen atoms in total. The molecule has 0 aliphatic carbocycles. The first kappa shape index (κ1) is 12.1. The number of fused-ring (bicyclic) bond motifs is 1. The topological polar surface area (TPSA) is 29.1 Å². The van der Waals surface area contributed by atoms with Gasteiger partial charge in [0, 0.05) is 17.7 Å². The molecule has 2 aromatic rings. The number of rotatable bonds is 2. The summed E-state index contributed by atoms with van der Waals surface area (Å²) in [6.07, 6.45) is 0.990. The number of carbonyl (C=O) groups excluding carboxylic acids is 1. The molecule has 0 spiro atoms. The van der Waals surface area contributed by atoms with Gasteiger partial charge in [0.2, 0.25) is 0 Å². The zero-order chi connectivity index (χ0) is 13.2. The van der Waals surface area contributed by atoms with Crippen LogP contribution in [0.2, 0.25) is 0 Å². The third-order valence-corrected chi connectivity index (χ3v) is 3.44. The van der Waals surface area contributed by atoms with Crippen LogP contribution >= 0.6 is 0 Å². The second-order valence-corrected chi connectivity index (χ2v) is 4.75. The third kappa shape index (κ3) is 2.42. The van der Waals surface area contributed by atoms with Crippen molar-refractivity contribution in [1.29, 1.82) is 0 Å². The lowest BCUT2D eigenvalue weighted by atomic mass is 9.95. The van der Waals surface area contributed by atoms with E-state index in [1.807, 2.05) is 18.2 Å². The molecule has 0 atom stereocenters. The molecule has 0 bridgehead atoms. The Balaban J connectivity index is 1.96. The van der Waals surface area contributed by atoms with Gasteiger partial charge in [0.15, 0.2) is 5.78 Å². The van der Waals surface area contributed by atoms with E-state index in [0.29, 0.717) is 11.1 Å². The quantitative estimate of drug-likeness (QED) is 0.836. The number of nitrogens with one attached hydrogen (secondary N) is 1. The Morgan fingerprint density at radius 2 is 1.89 bits per heavy atom. The zero-order valence-corrected chi connectivity index (χ0v) is 10.4. The molecule has 0 saturated carbocycles. The minimum absolute atomic E-state index is 0.132. The van der Waals surface area contributed by atoms with E-state index in [9.17, 15) is 9.18 Å². The third-order valence-electron chi connectivity index (χ3n) is 3.44. The largest absolute Gasteiger partial charge is 0.312 e. The van der Waals surface area contributed by atoms with Crippen LogP contribution in [0.5, 0.6) is 0 Å². The van der Waals surface area contributed by atoms with Gasteiger partial charge in [-0.15, -0.1) is 0 Å². The summed E-state index contributed by atoms with van der Waals surface area (Å²) in [6, 6.07) is 11.6. The maximum Gasteiger partial charge on any atom is 0.193 e. The first-order valence-electron chi connectivity index (χ1n) is 6.37. The van der Waals surface area contributed by atoms with Gasteiger partial charge in [-0.1, -0.05) is 24.3 Å². The summed E-state index contributed by atoms with van der Waals surface area (Å²) in [5.41, 5.74) is 3.46. The Morgan fingerprint density at radius 3 is 2.74 bits per heavy atom. The van der Waals surface area contributed by atoms with E-state index in [1.165, 1.54) is 17.7 Å². The predicted molar refractivity (Wildman–Crippen MR) is 71.7 cm³/mol. The molecule has 1 aliphatic rings. The van der Waals surface area contributed by atoms with Crippen molar-refractivity contribution in [3.05, 3.63) is 70.5 Å². The van der Waals surface area contributed by atoms with Gasteiger partial charge in [-0.3, -0.25) is 4.79 Å². The molecule has 1 N–H and O–H groups in total. The van der Waals surface area contributed by atoms with Crippen molar-refractivity contribution in [3.8, 4) is 0 Å². The molecular formula is C16H14FNO. The first-order valence-corrected chi connectivity index (χ1v) is 6.37. The number of carbonyl (C=O) groups is 1. The molecule has 0 radical (unpaired) electrons. The number of benzene rings is 2. The fourth-order valence-electron chi connectivity index (χ4n) is 2.42. The Kier molecular flexibility index (Phi) is 3.13. The lowest BCUT2D eigenvalue weighted by Crippen LogP contribution is -2.23. The monoisotopic (exact) mass is 255 g/mol. The van der Waals surface area contributed by atoms with Crippen LogP contribution in [0.4, 0.5) is 4.39 Å². The second kappa shape index (κ2) is 4.94. The minimum Gasteiger partial charge on any atom is -0.312 e. The fourth-order valence-corrected chi connectivity index (χ4v) is 2.42. The maximum absolute atomic E-state index is 13.2. The van der Waals surface area contributed by atoms with Gasteiger partial charge >= 0.3 is 0 Å². The minimum atomic E-state index is -0.384. The van der Waals surface area contributed by atoms with Gasteiger partial charge in [0.05, 0.1) is 0 Å². The summed E-state index contributed by atoms with van der Waals surface area (Å²) in [7, 11) is 0. The zero-order valence-electron chi connectivity index (χ0n) is 10.4. The van der Waals surface area contributed by atoms with Gasteiger partial charge in [0.25, 0.3) is 0 Å². The molecule has 96 valence electrons. The standard InChI is InChI=1S/C16H14FNO/c17-15-3-1-2-12(9-15)16(19)13-5-4-11-6-7-18-10-14(11)8-13/h1-5,8-9,18H,6-7,10H2. The summed E-state index contributed by atoms with van der Waals surface area (Å²) in [5.74, 6) is -0.515. The van der Waals surface area contributed by atoms with E-state index >= 15 is 0 Å². The van der Waals surface area contributed by atoms with E-state index in [1.54, 1.807) is 12.1 Å². The van der Waals surface area contributed by atoms with Crippen LogP contribution in [0.15, 0.2) is 42.5 Å². The van der Waals surface area contributed by atoms with Crippen LogP contribution in [0, 0.1) is 5.82 Å². The van der Waals surface area contributed by atoms with Crippen LogP contribution < -0.4 is 5.32 Å². The highest BCUT2D eigenvalue weighted by molar-refractivity contribution is 6.09. The molecule has 1 aliphatic heterocycles. The van der Waals surface area contributed by atoms with Crippen molar-refractivity contribution in [2.45, 2.75) is 13.0 Å². The Morgan fingerprint density at radius 1 is 1.05 bits per heavy atom. The molecule has 3 heteroatoms. The molecule has 0 aromatic heterocycles. The van der Waals surface area contributed by atoms with E-state index < -0.39 is 0 Å². The molecule has 0 fully saturated rings. The second-order valence-electron chi connectivity index (χ2n) is 4.75. The van der Waals surface area contributed by atoms with Crippen molar-refractivity contribution in [1.82, 2.24) is 5.32 Å². The molecule has 0 saturated heterocycles. The lowest BCUT2D eigenvalue weighted by Gasteiger charge is -2.17. The SMILES string of the molecule is O=C(c1cccc(F)c1)c1ccc2c(c1)CNCC2. The summed E-state index contributed by atoms with van der Waals surface area (Å²) >= 11 is 0. The molecular weight excluding hydrogens is 241 g/mol. The first-order chi connectivity index (χ1) is 9.24. The van der Waals surface area contributed by atoms with Gasteiger partial charge in [-0.05, 0) is 42.3 Å². The van der Waals surface area contributed by atoms with Crippen LogP contribution in [0.25, 0.3) is 0 Å². The van der Waals surface area contributed by atoms with Gasteiger partial charge in [-0.2, -0.15) is 0 Å². The fraction of sp³-hybridized carbons (Fsp3) is 0.188. The van der Waals surface area contributed by atoms with Crippen LogP contribution in [0.3, 0.4) is 0 Å². The highest BCUT2D eigenvalue weighted by Crippen LogP contribution is 2.18. The van der Waals surface area contributed by atoms with Crippen LogP contribution in [0.1, 0.15) is 27.0 Å². The smallest absolute Gasteiger partial charge is 0.193 e. The summed E-state index contributed by atoms with van der Waals surface area (Å²) in [6.45, 7) is 1.77. The van der Waals surface area contributed by atoms with E-state index in [0.717, 1.165) is 25.1 Å². The van der Waals surface area contributed by atoms with E-state index in [2.05, 4.69) is 5.32 Å². The summed E-state index contributed by atoms with van der Waals surface area (Å²) < 4.78 is 13.2. The van der Waals surface area contributed by atoms with Gasteiger partial charge in [0.1, 0.15) is 5.82 Å². The van der Waals surface area contributed by atoms with Gasteiger partial charge < -0.3 is 5.32 Å². The normalized spacial score (nSPS) is 13.9. The summed E-state index contributed by atoms with van der Waals surface area (Å²) in [4.78, 5) is 12.3. The number of halogens is 1. The number of ketones is 1. The number of hydrogen-bond acceptors (Lipinski definition) is 2. The average Bonchev–Trinajstić information content (AvgIpc) is 2.46. The van der Waals surface area contributed by atoms with E-state index in [-0.39, 0.29) is 11.6 Å². The Hall–Kier alpha value is -2.00. The number of hydrogen-bond donors (Lipinski definition) is 1. The van der Waals surface area contributed by atoms with Crippen molar-refractivity contribution in [2.75, 3.05) is 6.54 Å². The van der Waals surface area contributed by atoms with E-state index in [4.69, 9.17) is 0 Å². The lowest BCUT2D eigenvalue weighted by molar-refractivity contribution is 0.103. The maximum atomic E-state index is 13.2. The van der Waals surface area contributed by atoms with Crippen molar-refractivity contribution >= 4 is 5.78 Å². The predicted octanol–water partition coefficient (Wildman–Crippen LogP) is 2.70.